The summed E-state index contributed by atoms with van der Waals surface area (Å²) in [6.07, 6.45) is -0.548. The molecule has 0 radical (unpaired) electrons. The second-order valence-electron chi connectivity index (χ2n) is 7.79. The van der Waals surface area contributed by atoms with Crippen LogP contribution in [0.15, 0.2) is 54.6 Å². The van der Waals surface area contributed by atoms with Gasteiger partial charge in [-0.25, -0.2) is 0 Å². The third-order valence-corrected chi connectivity index (χ3v) is 5.32. The molecule has 29 heavy (non-hydrogen) atoms. The van der Waals surface area contributed by atoms with E-state index in [1.807, 2.05) is 61.2 Å². The highest BCUT2D eigenvalue weighted by Crippen LogP contribution is 2.17. The standard InChI is InChI=1S/C24H32N2O3/c1-19-9-11-23(12-10-19)29-21(3)24(27)26(18-22-7-5-4-6-8-22)20(2)17-25-13-15-28-16-14-25/h4-12,20-21H,13-18H2,1-3H3. The number of morpholine rings is 1. The summed E-state index contributed by atoms with van der Waals surface area (Å²) in [4.78, 5) is 17.7. The van der Waals surface area contributed by atoms with Crippen molar-refractivity contribution in [2.24, 2.45) is 0 Å². The normalized spacial score (nSPS) is 16.8. The molecule has 5 heteroatoms. The number of aryl methyl sites for hydroxylation is 1. The molecule has 0 aromatic heterocycles. The van der Waals surface area contributed by atoms with Gasteiger partial charge in [0.1, 0.15) is 5.75 Å². The van der Waals surface area contributed by atoms with E-state index in [2.05, 4.69) is 24.0 Å². The van der Waals surface area contributed by atoms with Gasteiger partial charge >= 0.3 is 0 Å². The van der Waals surface area contributed by atoms with Gasteiger partial charge in [-0.1, -0.05) is 48.0 Å². The van der Waals surface area contributed by atoms with Crippen molar-refractivity contribution >= 4 is 5.91 Å². The fourth-order valence-corrected chi connectivity index (χ4v) is 3.59. The molecule has 1 heterocycles. The quantitative estimate of drug-likeness (QED) is 0.685. The molecule has 2 aromatic carbocycles. The molecule has 0 saturated carbocycles. The van der Waals surface area contributed by atoms with Gasteiger partial charge in [0.2, 0.25) is 0 Å². The Labute approximate surface area is 174 Å². The average molecular weight is 397 g/mol. The monoisotopic (exact) mass is 396 g/mol. The van der Waals surface area contributed by atoms with Crippen LogP contribution in [0.3, 0.4) is 0 Å². The van der Waals surface area contributed by atoms with Crippen molar-refractivity contribution < 1.29 is 14.3 Å². The van der Waals surface area contributed by atoms with Gasteiger partial charge in [-0.05, 0) is 38.5 Å². The van der Waals surface area contributed by atoms with E-state index in [0.29, 0.717) is 6.54 Å². The maximum Gasteiger partial charge on any atom is 0.263 e. The lowest BCUT2D eigenvalue weighted by Gasteiger charge is -2.36. The SMILES string of the molecule is Cc1ccc(OC(C)C(=O)N(Cc2ccccc2)C(C)CN2CCOCC2)cc1. The molecular weight excluding hydrogens is 364 g/mol. The molecule has 2 atom stereocenters. The van der Waals surface area contributed by atoms with Crippen LogP contribution < -0.4 is 4.74 Å². The zero-order valence-electron chi connectivity index (χ0n) is 17.7. The Morgan fingerprint density at radius 2 is 1.72 bits per heavy atom. The Kier molecular flexibility index (Phi) is 7.67. The molecular formula is C24H32N2O3. The van der Waals surface area contributed by atoms with E-state index >= 15 is 0 Å². The molecule has 0 aliphatic carbocycles. The predicted molar refractivity (Wildman–Crippen MR) is 115 cm³/mol. The van der Waals surface area contributed by atoms with Crippen LogP contribution in [-0.2, 0) is 16.1 Å². The van der Waals surface area contributed by atoms with Crippen LogP contribution in [0.25, 0.3) is 0 Å². The Balaban J connectivity index is 1.71. The first-order valence-electron chi connectivity index (χ1n) is 10.4. The van der Waals surface area contributed by atoms with Crippen LogP contribution in [0, 0.1) is 6.92 Å². The molecule has 3 rings (SSSR count). The number of benzene rings is 2. The van der Waals surface area contributed by atoms with Crippen LogP contribution in [0.2, 0.25) is 0 Å². The van der Waals surface area contributed by atoms with Gasteiger partial charge < -0.3 is 14.4 Å². The second-order valence-corrected chi connectivity index (χ2v) is 7.79. The number of hydrogen-bond donors (Lipinski definition) is 0. The zero-order chi connectivity index (χ0) is 20.6. The molecule has 0 N–H and O–H groups in total. The van der Waals surface area contributed by atoms with Crippen LogP contribution >= 0.6 is 0 Å². The smallest absolute Gasteiger partial charge is 0.263 e. The van der Waals surface area contributed by atoms with Crippen LogP contribution in [-0.4, -0.2) is 60.7 Å². The van der Waals surface area contributed by atoms with E-state index in [1.54, 1.807) is 0 Å². The Morgan fingerprint density at radius 1 is 1.07 bits per heavy atom. The van der Waals surface area contributed by atoms with Gasteiger partial charge in [0, 0.05) is 32.2 Å². The number of nitrogens with zero attached hydrogens (tertiary/aromatic N) is 2. The van der Waals surface area contributed by atoms with E-state index in [0.717, 1.165) is 44.2 Å². The van der Waals surface area contributed by atoms with E-state index in [9.17, 15) is 4.79 Å². The van der Waals surface area contributed by atoms with Crippen LogP contribution in [0.4, 0.5) is 0 Å². The van der Waals surface area contributed by atoms with E-state index in [1.165, 1.54) is 5.56 Å². The molecule has 1 aliphatic heterocycles. The van der Waals surface area contributed by atoms with E-state index in [4.69, 9.17) is 9.47 Å². The summed E-state index contributed by atoms with van der Waals surface area (Å²) < 4.78 is 11.4. The predicted octanol–water partition coefficient (Wildman–Crippen LogP) is 3.51. The fourth-order valence-electron chi connectivity index (χ4n) is 3.59. The number of amides is 1. The first kappa shape index (κ1) is 21.3. The highest BCUT2D eigenvalue weighted by molar-refractivity contribution is 5.81. The van der Waals surface area contributed by atoms with Crippen LogP contribution in [0.1, 0.15) is 25.0 Å². The van der Waals surface area contributed by atoms with Gasteiger partial charge in [-0.2, -0.15) is 0 Å². The summed E-state index contributed by atoms with van der Waals surface area (Å²) >= 11 is 0. The molecule has 2 unspecified atom stereocenters. The molecule has 1 aliphatic rings. The highest BCUT2D eigenvalue weighted by atomic mass is 16.5. The summed E-state index contributed by atoms with van der Waals surface area (Å²) in [5.41, 5.74) is 2.29. The summed E-state index contributed by atoms with van der Waals surface area (Å²) in [7, 11) is 0. The van der Waals surface area contributed by atoms with Crippen molar-refractivity contribution in [2.75, 3.05) is 32.8 Å². The minimum absolute atomic E-state index is 0.00943. The fraction of sp³-hybridized carbons (Fsp3) is 0.458. The molecule has 1 saturated heterocycles. The largest absolute Gasteiger partial charge is 0.481 e. The van der Waals surface area contributed by atoms with E-state index < -0.39 is 6.10 Å². The van der Waals surface area contributed by atoms with Gasteiger partial charge in [0.05, 0.1) is 13.2 Å². The highest BCUT2D eigenvalue weighted by Gasteiger charge is 2.28. The lowest BCUT2D eigenvalue weighted by Crippen LogP contribution is -2.50. The Morgan fingerprint density at radius 3 is 2.38 bits per heavy atom. The third kappa shape index (κ3) is 6.31. The van der Waals surface area contributed by atoms with Gasteiger partial charge in [-0.3, -0.25) is 9.69 Å². The van der Waals surface area contributed by atoms with Crippen molar-refractivity contribution in [3.63, 3.8) is 0 Å². The Bertz CT molecular complexity index is 757. The van der Waals surface area contributed by atoms with Gasteiger partial charge in [0.15, 0.2) is 6.10 Å². The molecule has 2 aromatic rings. The molecule has 156 valence electrons. The van der Waals surface area contributed by atoms with Crippen molar-refractivity contribution in [1.29, 1.82) is 0 Å². The molecule has 5 nitrogen and oxygen atoms in total. The number of carbonyl (C=O) groups excluding carboxylic acids is 1. The third-order valence-electron chi connectivity index (χ3n) is 5.32. The second kappa shape index (κ2) is 10.4. The first-order valence-corrected chi connectivity index (χ1v) is 10.4. The summed E-state index contributed by atoms with van der Waals surface area (Å²) in [5, 5.41) is 0. The van der Waals surface area contributed by atoms with Crippen molar-refractivity contribution in [1.82, 2.24) is 9.80 Å². The number of ether oxygens (including phenoxy) is 2. The maximum atomic E-state index is 13.4. The lowest BCUT2D eigenvalue weighted by atomic mass is 10.1. The summed E-state index contributed by atoms with van der Waals surface area (Å²) in [6, 6.07) is 18.0. The summed E-state index contributed by atoms with van der Waals surface area (Å²) in [6.45, 7) is 10.7. The lowest BCUT2D eigenvalue weighted by molar-refractivity contribution is -0.141. The first-order chi connectivity index (χ1) is 14.0. The molecule has 0 spiro atoms. The van der Waals surface area contributed by atoms with Gasteiger partial charge in [-0.15, -0.1) is 0 Å². The maximum absolute atomic E-state index is 13.4. The molecule has 0 bridgehead atoms. The molecule has 1 amide bonds. The zero-order valence-corrected chi connectivity index (χ0v) is 17.7. The van der Waals surface area contributed by atoms with Crippen molar-refractivity contribution in [2.45, 2.75) is 39.5 Å². The molecule has 1 fully saturated rings. The summed E-state index contributed by atoms with van der Waals surface area (Å²) in [5.74, 6) is 0.729. The Hall–Kier alpha value is -2.37. The topological polar surface area (TPSA) is 42.0 Å². The average Bonchev–Trinajstić information content (AvgIpc) is 2.74. The minimum Gasteiger partial charge on any atom is -0.481 e. The van der Waals surface area contributed by atoms with Crippen molar-refractivity contribution in [3.05, 3.63) is 65.7 Å². The van der Waals surface area contributed by atoms with Crippen molar-refractivity contribution in [3.8, 4) is 5.75 Å². The minimum atomic E-state index is -0.548. The van der Waals surface area contributed by atoms with E-state index in [-0.39, 0.29) is 11.9 Å². The number of carbonyl (C=O) groups is 1. The van der Waals surface area contributed by atoms with Gasteiger partial charge in [0.25, 0.3) is 5.91 Å². The number of rotatable bonds is 8. The van der Waals surface area contributed by atoms with Crippen LogP contribution in [0.5, 0.6) is 5.75 Å². The number of hydrogen-bond acceptors (Lipinski definition) is 4.